The normalized spacial score (nSPS) is 13.9. The topological polar surface area (TPSA) is 108 Å². The van der Waals surface area contributed by atoms with Crippen LogP contribution in [0.5, 0.6) is 0 Å². The second-order valence-corrected chi connectivity index (χ2v) is 13.6. The van der Waals surface area contributed by atoms with Crippen LogP contribution in [0.15, 0.2) is 36.5 Å². The molecule has 0 saturated carbocycles. The van der Waals surface area contributed by atoms with Gasteiger partial charge in [-0.05, 0) is 64.2 Å². The van der Waals surface area contributed by atoms with E-state index in [4.69, 9.17) is 14.0 Å². The molecule has 0 saturated heterocycles. The van der Waals surface area contributed by atoms with Gasteiger partial charge in [0.05, 0.1) is 6.61 Å². The Balaban J connectivity index is 4.12. The standard InChI is InChI=1S/C37H67O8P/c1-4-6-8-10-12-14-16-17-18-19-20-22-24-26-28-30-32-37(39)45-35(34-44-46(40,41)42-3)33-43-36(38)31-29-27-25-23-21-15-13-11-9-7-5-2/h11,13-14,16,18-19,35H,4-10,12,15,17,20-34H2,1-3H3,(H,40,41)/b13-11-,16-14-,19-18-. The summed E-state index contributed by atoms with van der Waals surface area (Å²) in [6, 6.07) is 0. The van der Waals surface area contributed by atoms with Crippen LogP contribution in [0.1, 0.15) is 162 Å². The number of unbranched alkanes of at least 4 members (excludes halogenated alkanes) is 16. The molecule has 0 amide bonds. The van der Waals surface area contributed by atoms with Gasteiger partial charge in [-0.1, -0.05) is 121 Å². The molecule has 0 aliphatic rings. The van der Waals surface area contributed by atoms with Gasteiger partial charge < -0.3 is 14.4 Å². The maximum atomic E-state index is 12.4. The highest BCUT2D eigenvalue weighted by molar-refractivity contribution is 7.47. The molecule has 2 unspecified atom stereocenters. The summed E-state index contributed by atoms with van der Waals surface area (Å²) >= 11 is 0. The lowest BCUT2D eigenvalue weighted by molar-refractivity contribution is -0.161. The Morgan fingerprint density at radius 2 is 1.07 bits per heavy atom. The fraction of sp³-hybridized carbons (Fsp3) is 0.784. The van der Waals surface area contributed by atoms with E-state index in [2.05, 4.69) is 54.8 Å². The number of phosphoric ester groups is 1. The molecule has 0 aliphatic carbocycles. The van der Waals surface area contributed by atoms with E-state index in [0.29, 0.717) is 6.42 Å². The van der Waals surface area contributed by atoms with Gasteiger partial charge in [-0.3, -0.25) is 18.6 Å². The number of allylic oxidation sites excluding steroid dienone is 6. The average molecular weight is 671 g/mol. The van der Waals surface area contributed by atoms with Crippen molar-refractivity contribution in [3.8, 4) is 0 Å². The molecule has 268 valence electrons. The number of carbonyl (C=O) groups excluding carboxylic acids is 2. The summed E-state index contributed by atoms with van der Waals surface area (Å²) in [5.41, 5.74) is 0. The van der Waals surface area contributed by atoms with E-state index in [-0.39, 0.29) is 25.4 Å². The van der Waals surface area contributed by atoms with Crippen LogP contribution < -0.4 is 0 Å². The molecule has 1 N–H and O–H groups in total. The summed E-state index contributed by atoms with van der Waals surface area (Å²) in [7, 11) is -3.21. The van der Waals surface area contributed by atoms with Crippen LogP contribution in [0, 0.1) is 0 Å². The smallest absolute Gasteiger partial charge is 0.462 e. The van der Waals surface area contributed by atoms with Crippen LogP contribution in [0.2, 0.25) is 0 Å². The van der Waals surface area contributed by atoms with Gasteiger partial charge in [0.25, 0.3) is 0 Å². The van der Waals surface area contributed by atoms with Gasteiger partial charge in [-0.15, -0.1) is 0 Å². The van der Waals surface area contributed by atoms with E-state index in [9.17, 15) is 19.0 Å². The minimum atomic E-state index is -4.26. The fourth-order valence-electron chi connectivity index (χ4n) is 4.73. The minimum absolute atomic E-state index is 0.227. The Hall–Kier alpha value is -1.73. The predicted molar refractivity (Wildman–Crippen MR) is 189 cm³/mol. The van der Waals surface area contributed by atoms with Gasteiger partial charge in [0.1, 0.15) is 6.61 Å². The molecule has 0 fully saturated rings. The molecule has 0 aliphatic heterocycles. The molecule has 0 radical (unpaired) electrons. The van der Waals surface area contributed by atoms with Crippen molar-refractivity contribution in [1.29, 1.82) is 0 Å². The molecule has 0 rings (SSSR count). The molecule has 0 spiro atoms. The van der Waals surface area contributed by atoms with Gasteiger partial charge in [0.15, 0.2) is 6.10 Å². The highest BCUT2D eigenvalue weighted by atomic mass is 31.2. The Kier molecular flexibility index (Phi) is 31.9. The summed E-state index contributed by atoms with van der Waals surface area (Å²) in [4.78, 5) is 34.2. The maximum absolute atomic E-state index is 12.4. The monoisotopic (exact) mass is 670 g/mol. The average Bonchev–Trinajstić information content (AvgIpc) is 3.04. The van der Waals surface area contributed by atoms with Crippen LogP contribution in [0.25, 0.3) is 0 Å². The Morgan fingerprint density at radius 1 is 0.609 bits per heavy atom. The van der Waals surface area contributed by atoms with Crippen LogP contribution in [-0.4, -0.2) is 43.3 Å². The first-order chi connectivity index (χ1) is 22.3. The van der Waals surface area contributed by atoms with Crippen LogP contribution in [-0.2, 0) is 32.7 Å². The zero-order valence-electron chi connectivity index (χ0n) is 29.5. The lowest BCUT2D eigenvalue weighted by Crippen LogP contribution is -2.29. The first-order valence-electron chi connectivity index (χ1n) is 18.2. The molecule has 8 nitrogen and oxygen atoms in total. The lowest BCUT2D eigenvalue weighted by atomic mass is 10.1. The van der Waals surface area contributed by atoms with E-state index in [1.807, 2.05) is 0 Å². The first kappa shape index (κ1) is 44.3. The molecule has 0 aromatic heterocycles. The molecule has 0 bridgehead atoms. The highest BCUT2D eigenvalue weighted by Gasteiger charge is 2.24. The van der Waals surface area contributed by atoms with Crippen molar-refractivity contribution in [2.24, 2.45) is 0 Å². The number of ether oxygens (including phenoxy) is 2. The van der Waals surface area contributed by atoms with E-state index in [1.165, 1.54) is 44.9 Å². The van der Waals surface area contributed by atoms with Gasteiger partial charge in [0, 0.05) is 20.0 Å². The van der Waals surface area contributed by atoms with Crippen molar-refractivity contribution in [2.75, 3.05) is 20.3 Å². The van der Waals surface area contributed by atoms with Crippen molar-refractivity contribution in [3.05, 3.63) is 36.5 Å². The molecule has 0 aromatic carbocycles. The number of phosphoric acid groups is 1. The molecule has 0 heterocycles. The number of carbonyl (C=O) groups is 2. The number of hydrogen-bond donors (Lipinski definition) is 1. The molecule has 2 atom stereocenters. The Labute approximate surface area is 281 Å². The van der Waals surface area contributed by atoms with Crippen LogP contribution in [0.3, 0.4) is 0 Å². The Bertz CT molecular complexity index is 854. The van der Waals surface area contributed by atoms with Crippen LogP contribution >= 0.6 is 7.82 Å². The van der Waals surface area contributed by atoms with Crippen molar-refractivity contribution in [2.45, 2.75) is 168 Å². The molecule has 0 aromatic rings. The minimum Gasteiger partial charge on any atom is -0.462 e. The zero-order valence-corrected chi connectivity index (χ0v) is 30.4. The van der Waals surface area contributed by atoms with E-state index < -0.39 is 26.5 Å². The number of rotatable bonds is 33. The number of esters is 2. The third-order valence-electron chi connectivity index (χ3n) is 7.61. The largest absolute Gasteiger partial charge is 0.472 e. The van der Waals surface area contributed by atoms with E-state index in [0.717, 1.165) is 90.6 Å². The molecular formula is C37H67O8P. The Morgan fingerprint density at radius 3 is 1.61 bits per heavy atom. The van der Waals surface area contributed by atoms with E-state index >= 15 is 0 Å². The van der Waals surface area contributed by atoms with Gasteiger partial charge in [-0.2, -0.15) is 0 Å². The molecular weight excluding hydrogens is 603 g/mol. The summed E-state index contributed by atoms with van der Waals surface area (Å²) in [6.45, 7) is 3.79. The van der Waals surface area contributed by atoms with Gasteiger partial charge >= 0.3 is 19.8 Å². The van der Waals surface area contributed by atoms with Gasteiger partial charge in [-0.25, -0.2) is 4.57 Å². The van der Waals surface area contributed by atoms with Crippen molar-refractivity contribution in [3.63, 3.8) is 0 Å². The quantitative estimate of drug-likeness (QED) is 0.0318. The maximum Gasteiger partial charge on any atom is 0.472 e. The first-order valence-corrected chi connectivity index (χ1v) is 19.7. The molecule has 9 heteroatoms. The summed E-state index contributed by atoms with van der Waals surface area (Å²) < 4.78 is 31.8. The van der Waals surface area contributed by atoms with Crippen molar-refractivity contribution < 1.29 is 37.6 Å². The van der Waals surface area contributed by atoms with Gasteiger partial charge in [0.2, 0.25) is 0 Å². The van der Waals surface area contributed by atoms with Crippen LogP contribution in [0.4, 0.5) is 0 Å². The predicted octanol–water partition coefficient (Wildman–Crippen LogP) is 10.9. The highest BCUT2D eigenvalue weighted by Crippen LogP contribution is 2.42. The van der Waals surface area contributed by atoms with Crippen molar-refractivity contribution >= 4 is 19.8 Å². The van der Waals surface area contributed by atoms with E-state index in [1.54, 1.807) is 0 Å². The SMILES string of the molecule is CCCC/C=C\CCCCCCCC(=O)OCC(COP(=O)(O)OC)OC(=O)CCCCCCC/C=C\C/C=C\CCCCCC. The third kappa shape index (κ3) is 32.2. The third-order valence-corrected chi connectivity index (χ3v) is 8.54. The zero-order chi connectivity index (χ0) is 34.0. The van der Waals surface area contributed by atoms with Crippen molar-refractivity contribution in [1.82, 2.24) is 0 Å². The lowest BCUT2D eigenvalue weighted by Gasteiger charge is -2.19. The second kappa shape index (κ2) is 33.2. The fourth-order valence-corrected chi connectivity index (χ4v) is 5.19. The summed E-state index contributed by atoms with van der Waals surface area (Å²) in [5.74, 6) is -0.834. The molecule has 46 heavy (non-hydrogen) atoms. The second-order valence-electron chi connectivity index (χ2n) is 12.0. The summed E-state index contributed by atoms with van der Waals surface area (Å²) in [5, 5.41) is 0. The number of hydrogen-bond acceptors (Lipinski definition) is 7. The summed E-state index contributed by atoms with van der Waals surface area (Å²) in [6.07, 6.45) is 36.2.